The van der Waals surface area contributed by atoms with Crippen molar-refractivity contribution in [1.29, 1.82) is 0 Å². The predicted molar refractivity (Wildman–Crippen MR) is 218 cm³/mol. The first-order valence-electron chi connectivity index (χ1n) is 18.6. The van der Waals surface area contributed by atoms with Gasteiger partial charge < -0.3 is 19.3 Å². The lowest BCUT2D eigenvalue weighted by Crippen LogP contribution is -2.46. The molecule has 0 saturated carbocycles. The average Bonchev–Trinajstić information content (AvgIpc) is 3.57. The molecule has 12 heteroatoms. The van der Waals surface area contributed by atoms with Gasteiger partial charge in [-0.2, -0.15) is 10.2 Å². The predicted octanol–water partition coefficient (Wildman–Crippen LogP) is 7.77. The van der Waals surface area contributed by atoms with E-state index in [1.165, 1.54) is 4.68 Å². The number of ether oxygens (including phenoxy) is 2. The van der Waals surface area contributed by atoms with E-state index in [1.807, 2.05) is 83.1 Å². The SMILES string of the molecule is C=C/C=N\N(C)CC(C)(OCC(C)COc1ccc(N2CCN(c3ccc(-n4cnn(C(C)CC)c4=O)cn3)CC2)cc1)c1ccc(C)cc1Cl.CC. The molecular weight excluding hydrogens is 688 g/mol. The van der Waals surface area contributed by atoms with Crippen LogP contribution in [0.1, 0.15) is 65.1 Å². The molecule has 2 aromatic carbocycles. The number of hydrazone groups is 1. The Morgan fingerprint density at radius 3 is 2.32 bits per heavy atom. The lowest BCUT2D eigenvalue weighted by Gasteiger charge is -2.36. The smallest absolute Gasteiger partial charge is 0.350 e. The molecular formula is C41H57ClN8O3. The molecule has 11 nitrogen and oxygen atoms in total. The molecule has 0 radical (unpaired) electrons. The van der Waals surface area contributed by atoms with Gasteiger partial charge in [-0.15, -0.1) is 0 Å². The summed E-state index contributed by atoms with van der Waals surface area (Å²) in [5.41, 5.74) is 3.06. The van der Waals surface area contributed by atoms with E-state index in [4.69, 9.17) is 21.1 Å². The van der Waals surface area contributed by atoms with Gasteiger partial charge in [0.25, 0.3) is 0 Å². The van der Waals surface area contributed by atoms with E-state index in [0.717, 1.165) is 61.0 Å². The van der Waals surface area contributed by atoms with Gasteiger partial charge in [0.2, 0.25) is 0 Å². The van der Waals surface area contributed by atoms with Crippen LogP contribution in [0.5, 0.6) is 5.75 Å². The summed E-state index contributed by atoms with van der Waals surface area (Å²) in [5, 5.41) is 11.2. The normalized spacial score (nSPS) is 15.3. The number of nitrogens with zero attached hydrogens (tertiary/aromatic N) is 8. The quantitative estimate of drug-likeness (QED) is 0.0850. The summed E-state index contributed by atoms with van der Waals surface area (Å²) in [6, 6.07) is 18.3. The van der Waals surface area contributed by atoms with Crippen LogP contribution < -0.4 is 20.2 Å². The maximum absolute atomic E-state index is 12.8. The molecule has 2 aromatic heterocycles. The number of aromatic nitrogens is 4. The van der Waals surface area contributed by atoms with Gasteiger partial charge >= 0.3 is 5.69 Å². The number of aryl methyl sites for hydroxylation is 1. The number of rotatable bonds is 16. The first-order valence-corrected chi connectivity index (χ1v) is 19.0. The molecule has 0 spiro atoms. The molecule has 0 bridgehead atoms. The Morgan fingerprint density at radius 2 is 1.70 bits per heavy atom. The van der Waals surface area contributed by atoms with E-state index >= 15 is 0 Å². The van der Waals surface area contributed by atoms with Crippen molar-refractivity contribution < 1.29 is 9.47 Å². The lowest BCUT2D eigenvalue weighted by atomic mass is 9.94. The number of hydrogen-bond donors (Lipinski definition) is 0. The van der Waals surface area contributed by atoms with Gasteiger partial charge in [0.1, 0.15) is 23.5 Å². The zero-order valence-corrected chi connectivity index (χ0v) is 33.5. The summed E-state index contributed by atoms with van der Waals surface area (Å²) in [6.07, 6.45) is 7.46. The Morgan fingerprint density at radius 1 is 1.02 bits per heavy atom. The Kier molecular flexibility index (Phi) is 15.1. The lowest BCUT2D eigenvalue weighted by molar-refractivity contribution is -0.0708. The number of likely N-dealkylation sites (N-methyl/N-ethyl adjacent to an activating group) is 1. The number of allylic oxidation sites excluding steroid dienone is 1. The van der Waals surface area contributed by atoms with E-state index < -0.39 is 5.60 Å². The van der Waals surface area contributed by atoms with Crippen LogP contribution in [0.2, 0.25) is 5.02 Å². The van der Waals surface area contributed by atoms with Gasteiger partial charge in [0.05, 0.1) is 37.7 Å². The fourth-order valence-corrected chi connectivity index (χ4v) is 6.57. The highest BCUT2D eigenvalue weighted by molar-refractivity contribution is 6.31. The minimum Gasteiger partial charge on any atom is -0.493 e. The molecule has 0 N–H and O–H groups in total. The second-order valence-corrected chi connectivity index (χ2v) is 14.0. The molecule has 4 aromatic rings. The summed E-state index contributed by atoms with van der Waals surface area (Å²) < 4.78 is 15.8. The van der Waals surface area contributed by atoms with Crippen molar-refractivity contribution in [2.45, 2.75) is 66.5 Å². The molecule has 0 aliphatic carbocycles. The summed E-state index contributed by atoms with van der Waals surface area (Å²) in [4.78, 5) is 22.1. The molecule has 3 atom stereocenters. The fourth-order valence-electron chi connectivity index (χ4n) is 6.13. The van der Waals surface area contributed by atoms with Crippen LogP contribution in [0.4, 0.5) is 11.5 Å². The summed E-state index contributed by atoms with van der Waals surface area (Å²) in [6.45, 7) is 22.9. The summed E-state index contributed by atoms with van der Waals surface area (Å²) in [7, 11) is 1.91. The Hall–Kier alpha value is -4.61. The van der Waals surface area contributed by atoms with Gasteiger partial charge in [-0.25, -0.2) is 19.0 Å². The molecule has 1 fully saturated rings. The van der Waals surface area contributed by atoms with E-state index in [2.05, 4.69) is 63.6 Å². The third kappa shape index (κ3) is 10.7. The van der Waals surface area contributed by atoms with Gasteiger partial charge in [-0.3, -0.25) is 5.01 Å². The van der Waals surface area contributed by atoms with E-state index in [9.17, 15) is 4.79 Å². The van der Waals surface area contributed by atoms with Crippen LogP contribution in [0.3, 0.4) is 0 Å². The Labute approximate surface area is 320 Å². The molecule has 53 heavy (non-hydrogen) atoms. The van der Waals surface area contributed by atoms with Crippen LogP contribution in [-0.2, 0) is 10.3 Å². The van der Waals surface area contributed by atoms with Gasteiger partial charge in [0, 0.05) is 61.6 Å². The van der Waals surface area contributed by atoms with Crippen molar-refractivity contribution in [1.82, 2.24) is 24.3 Å². The minimum atomic E-state index is -0.684. The van der Waals surface area contributed by atoms with E-state index in [1.54, 1.807) is 29.4 Å². The average molecular weight is 745 g/mol. The number of piperazine rings is 1. The third-order valence-corrected chi connectivity index (χ3v) is 9.65. The largest absolute Gasteiger partial charge is 0.493 e. The molecule has 286 valence electrons. The van der Waals surface area contributed by atoms with Gasteiger partial charge in [0.15, 0.2) is 0 Å². The van der Waals surface area contributed by atoms with Crippen LogP contribution in [0, 0.1) is 12.8 Å². The Bertz CT molecular complexity index is 1820. The van der Waals surface area contributed by atoms with Crippen LogP contribution in [-0.4, -0.2) is 83.5 Å². The maximum Gasteiger partial charge on any atom is 0.350 e. The number of pyridine rings is 1. The van der Waals surface area contributed by atoms with Gasteiger partial charge in [-0.1, -0.05) is 58.0 Å². The minimum absolute atomic E-state index is 0.0507. The number of halogens is 1. The molecule has 1 saturated heterocycles. The van der Waals surface area contributed by atoms with Gasteiger partial charge in [-0.05, 0) is 81.3 Å². The number of benzene rings is 2. The van der Waals surface area contributed by atoms with E-state index in [-0.39, 0.29) is 17.6 Å². The first-order chi connectivity index (χ1) is 25.5. The van der Waals surface area contributed by atoms with Crippen molar-refractivity contribution in [3.8, 4) is 11.4 Å². The molecule has 0 amide bonds. The van der Waals surface area contributed by atoms with Crippen molar-refractivity contribution >= 4 is 29.3 Å². The number of anilines is 2. The van der Waals surface area contributed by atoms with Crippen LogP contribution in [0.25, 0.3) is 5.69 Å². The number of hydrogen-bond acceptors (Lipinski definition) is 9. The third-order valence-electron chi connectivity index (χ3n) is 9.33. The van der Waals surface area contributed by atoms with E-state index in [0.29, 0.717) is 30.5 Å². The molecule has 1 aliphatic heterocycles. The molecule has 1 aliphatic rings. The van der Waals surface area contributed by atoms with Crippen LogP contribution in [0.15, 0.2) is 89.7 Å². The van der Waals surface area contributed by atoms with Crippen molar-refractivity contribution in [2.24, 2.45) is 11.0 Å². The summed E-state index contributed by atoms with van der Waals surface area (Å²) in [5.74, 6) is 1.86. The highest BCUT2D eigenvalue weighted by atomic mass is 35.5. The zero-order valence-electron chi connectivity index (χ0n) is 32.7. The fraction of sp³-hybridized carbons (Fsp3) is 0.463. The van der Waals surface area contributed by atoms with Crippen molar-refractivity contribution in [2.75, 3.05) is 62.8 Å². The highest BCUT2D eigenvalue weighted by Gasteiger charge is 2.32. The highest BCUT2D eigenvalue weighted by Crippen LogP contribution is 2.34. The van der Waals surface area contributed by atoms with Crippen molar-refractivity contribution in [3.63, 3.8) is 0 Å². The van der Waals surface area contributed by atoms with Crippen molar-refractivity contribution in [3.05, 3.63) is 106 Å². The molecule has 5 rings (SSSR count). The standard InChI is InChI=1S/C39H51ClN8O3.C2H6/c1-8-18-42-44(7)27-39(6,35-16-10-29(3)23-36(35)40)51-26-30(4)25-50-34-14-11-32(12-15-34)45-19-21-46(22-20-45)37-17-13-33(24-41-37)47-28-43-48(38(47)49)31(5)9-2;1-2/h8,10-18,23-24,28,30-31H,1,9,19-22,25-27H2,2-7H3;1-2H3/b42-18-;. The monoisotopic (exact) mass is 744 g/mol. The molecule has 3 unspecified atom stereocenters. The summed E-state index contributed by atoms with van der Waals surface area (Å²) >= 11 is 6.70. The molecule has 3 heterocycles. The van der Waals surface area contributed by atoms with Crippen LogP contribution >= 0.6 is 11.6 Å². The zero-order chi connectivity index (χ0) is 38.5. The second kappa shape index (κ2) is 19.5. The Balaban J connectivity index is 0.00000308. The second-order valence-electron chi connectivity index (χ2n) is 13.6. The topological polar surface area (TPSA) is 93.3 Å². The first kappa shape index (κ1) is 41.2. The maximum atomic E-state index is 12.8.